The van der Waals surface area contributed by atoms with Gasteiger partial charge < -0.3 is 9.47 Å². The average Bonchev–Trinajstić information content (AvgIpc) is 1.95. The van der Waals surface area contributed by atoms with E-state index in [9.17, 15) is 9.59 Å². The third-order valence-corrected chi connectivity index (χ3v) is 1.86. The minimum atomic E-state index is -0.920. The Hall–Kier alpha value is -0.780. The third-order valence-electron chi connectivity index (χ3n) is 1.26. The van der Waals surface area contributed by atoms with Gasteiger partial charge in [-0.25, -0.2) is 9.59 Å². The molecule has 0 aliphatic rings. The molecule has 0 unspecified atom stereocenters. The van der Waals surface area contributed by atoms with Crippen LogP contribution < -0.4 is 5.32 Å². The van der Waals surface area contributed by atoms with Crippen molar-refractivity contribution in [2.24, 2.45) is 0 Å². The zero-order chi connectivity index (χ0) is 13.9. The number of alkyl halides is 1. The van der Waals surface area contributed by atoms with Crippen LogP contribution in [0, 0.1) is 0 Å². The summed E-state index contributed by atoms with van der Waals surface area (Å²) in [6.07, 6.45) is -0.676. The van der Waals surface area contributed by atoms with E-state index in [0.717, 1.165) is 0 Å². The van der Waals surface area contributed by atoms with E-state index in [1.165, 1.54) is 0 Å². The number of carbonyl (C=O) groups excluding carboxylic acids is 2. The predicted molar refractivity (Wildman–Crippen MR) is 67.9 cm³/mol. The molecule has 0 aromatic carbocycles. The Kier molecular flexibility index (Phi) is 5.45. The molecule has 1 atom stereocenters. The molecule has 0 radical (unpaired) electrons. The fourth-order valence-corrected chi connectivity index (χ4v) is 1.10. The number of rotatable bonds is 2. The number of alkyl carbamates (subject to hydrolysis) is 1. The van der Waals surface area contributed by atoms with Crippen LogP contribution in [0.4, 0.5) is 4.79 Å². The molecule has 0 fully saturated rings. The van der Waals surface area contributed by atoms with Crippen LogP contribution in [-0.2, 0) is 14.3 Å². The van der Waals surface area contributed by atoms with Crippen LogP contribution in [0.25, 0.3) is 0 Å². The number of halogens is 1. The molecule has 0 saturated carbocycles. The Morgan fingerprint density at radius 2 is 1.41 bits per heavy atom. The topological polar surface area (TPSA) is 64.6 Å². The van der Waals surface area contributed by atoms with E-state index < -0.39 is 28.2 Å². The standard InChI is InChI=1S/C11H20BrNO4/c1-10(2,3)16-8(14)7(12)13-9(15)17-11(4,5)6/h7H,1-6H3,(H,13,15)/t7-/m0/s1. The maximum absolute atomic E-state index is 11.5. The van der Waals surface area contributed by atoms with Gasteiger partial charge in [-0.05, 0) is 41.5 Å². The Bertz CT molecular complexity index is 291. The van der Waals surface area contributed by atoms with Crippen molar-refractivity contribution in [2.75, 3.05) is 0 Å². The van der Waals surface area contributed by atoms with Gasteiger partial charge in [-0.2, -0.15) is 0 Å². The van der Waals surface area contributed by atoms with E-state index in [-0.39, 0.29) is 0 Å². The molecule has 1 N–H and O–H groups in total. The second-order valence-corrected chi connectivity index (χ2v) is 6.46. The van der Waals surface area contributed by atoms with Crippen molar-refractivity contribution in [3.63, 3.8) is 0 Å². The van der Waals surface area contributed by atoms with Crippen molar-refractivity contribution in [2.45, 2.75) is 57.7 Å². The van der Waals surface area contributed by atoms with E-state index in [0.29, 0.717) is 0 Å². The number of ether oxygens (including phenoxy) is 2. The average molecular weight is 310 g/mol. The molecule has 17 heavy (non-hydrogen) atoms. The predicted octanol–water partition coefficient (Wildman–Crippen LogP) is 2.57. The highest BCUT2D eigenvalue weighted by atomic mass is 79.9. The molecular weight excluding hydrogens is 290 g/mol. The molecule has 0 spiro atoms. The molecular formula is C11H20BrNO4. The lowest BCUT2D eigenvalue weighted by Gasteiger charge is -2.23. The van der Waals surface area contributed by atoms with Gasteiger partial charge in [0, 0.05) is 0 Å². The first-order chi connectivity index (χ1) is 7.41. The van der Waals surface area contributed by atoms with E-state index in [1.54, 1.807) is 41.5 Å². The van der Waals surface area contributed by atoms with Gasteiger partial charge in [0.2, 0.25) is 0 Å². The van der Waals surface area contributed by atoms with Gasteiger partial charge >= 0.3 is 12.1 Å². The van der Waals surface area contributed by atoms with Gasteiger partial charge in [0.05, 0.1) is 0 Å². The third kappa shape index (κ3) is 8.97. The van der Waals surface area contributed by atoms with Crippen LogP contribution >= 0.6 is 15.9 Å². The first-order valence-corrected chi connectivity index (χ1v) is 6.19. The lowest BCUT2D eigenvalue weighted by molar-refractivity contribution is -0.154. The second kappa shape index (κ2) is 5.71. The van der Waals surface area contributed by atoms with Gasteiger partial charge in [-0.3, -0.25) is 5.32 Å². The van der Waals surface area contributed by atoms with Crippen LogP contribution in [0.2, 0.25) is 0 Å². The van der Waals surface area contributed by atoms with Crippen molar-refractivity contribution in [1.82, 2.24) is 5.32 Å². The lowest BCUT2D eigenvalue weighted by atomic mass is 10.2. The van der Waals surface area contributed by atoms with Gasteiger partial charge in [0.15, 0.2) is 4.95 Å². The second-order valence-electron chi connectivity index (χ2n) is 5.54. The molecule has 100 valence electrons. The van der Waals surface area contributed by atoms with Gasteiger partial charge in [0.25, 0.3) is 0 Å². The van der Waals surface area contributed by atoms with Crippen molar-refractivity contribution >= 4 is 28.0 Å². The van der Waals surface area contributed by atoms with E-state index >= 15 is 0 Å². The van der Waals surface area contributed by atoms with Gasteiger partial charge in [0.1, 0.15) is 11.2 Å². The minimum absolute atomic E-state index is 0.566. The minimum Gasteiger partial charge on any atom is -0.458 e. The smallest absolute Gasteiger partial charge is 0.409 e. The number of carbonyl (C=O) groups is 2. The van der Waals surface area contributed by atoms with Crippen LogP contribution in [0.15, 0.2) is 0 Å². The molecule has 0 aliphatic heterocycles. The number of hydrogen-bond donors (Lipinski definition) is 1. The fraction of sp³-hybridized carbons (Fsp3) is 0.818. The SMILES string of the molecule is CC(C)(C)OC(=O)N[C@H](Br)C(=O)OC(C)(C)C. The molecule has 0 rings (SSSR count). The van der Waals surface area contributed by atoms with Crippen LogP contribution in [0.5, 0.6) is 0 Å². The van der Waals surface area contributed by atoms with Crippen LogP contribution in [0.3, 0.4) is 0 Å². The van der Waals surface area contributed by atoms with Crippen molar-refractivity contribution < 1.29 is 19.1 Å². The summed E-state index contributed by atoms with van der Waals surface area (Å²) in [7, 11) is 0. The number of hydrogen-bond acceptors (Lipinski definition) is 4. The summed E-state index contributed by atoms with van der Waals surface area (Å²) in [6.45, 7) is 10.5. The maximum Gasteiger partial charge on any atom is 0.409 e. The monoisotopic (exact) mass is 309 g/mol. The normalized spacial score (nSPS) is 13.8. The molecule has 1 amide bonds. The zero-order valence-corrected chi connectivity index (χ0v) is 12.7. The Morgan fingerprint density at radius 1 is 1.00 bits per heavy atom. The summed E-state index contributed by atoms with van der Waals surface area (Å²) in [6, 6.07) is 0. The zero-order valence-electron chi connectivity index (χ0n) is 11.1. The Balaban J connectivity index is 4.22. The van der Waals surface area contributed by atoms with E-state index in [4.69, 9.17) is 9.47 Å². The summed E-state index contributed by atoms with van der Waals surface area (Å²) < 4.78 is 10.1. The molecule has 0 aliphatic carbocycles. The van der Waals surface area contributed by atoms with E-state index in [2.05, 4.69) is 21.2 Å². The molecule has 0 saturated heterocycles. The molecule has 0 heterocycles. The summed E-state index contributed by atoms with van der Waals surface area (Å²) >= 11 is 3.02. The largest absolute Gasteiger partial charge is 0.458 e. The van der Waals surface area contributed by atoms with Crippen LogP contribution in [0.1, 0.15) is 41.5 Å². The van der Waals surface area contributed by atoms with Crippen molar-refractivity contribution in [3.05, 3.63) is 0 Å². The molecule has 0 aromatic heterocycles. The number of nitrogens with one attached hydrogen (secondary N) is 1. The first-order valence-electron chi connectivity index (χ1n) is 5.27. The molecule has 0 aromatic rings. The summed E-state index contributed by atoms with van der Waals surface area (Å²) in [5.74, 6) is -0.566. The lowest BCUT2D eigenvalue weighted by Crippen LogP contribution is -2.42. The fourth-order valence-electron chi connectivity index (χ4n) is 0.823. The highest BCUT2D eigenvalue weighted by Crippen LogP contribution is 2.12. The van der Waals surface area contributed by atoms with Crippen molar-refractivity contribution in [1.29, 1.82) is 0 Å². The Labute approximate surface area is 110 Å². The highest BCUT2D eigenvalue weighted by Gasteiger charge is 2.26. The van der Waals surface area contributed by atoms with Crippen molar-refractivity contribution in [3.8, 4) is 0 Å². The van der Waals surface area contributed by atoms with Gasteiger partial charge in [-0.15, -0.1) is 0 Å². The highest BCUT2D eigenvalue weighted by molar-refractivity contribution is 9.10. The van der Waals surface area contributed by atoms with E-state index in [1.807, 2.05) is 0 Å². The van der Waals surface area contributed by atoms with Gasteiger partial charge in [-0.1, -0.05) is 15.9 Å². The quantitative estimate of drug-likeness (QED) is 0.484. The number of amides is 1. The molecule has 0 bridgehead atoms. The summed E-state index contributed by atoms with van der Waals surface area (Å²) in [4.78, 5) is 22.0. The summed E-state index contributed by atoms with van der Waals surface area (Å²) in [5, 5.41) is 2.34. The molecule has 5 nitrogen and oxygen atoms in total. The van der Waals surface area contributed by atoms with Crippen LogP contribution in [-0.4, -0.2) is 28.2 Å². The Morgan fingerprint density at radius 3 is 1.76 bits per heavy atom. The maximum atomic E-state index is 11.5. The first kappa shape index (κ1) is 16.2. The molecule has 6 heteroatoms. The number of esters is 1. The summed E-state index contributed by atoms with van der Waals surface area (Å²) in [5.41, 5.74) is -1.20.